The van der Waals surface area contributed by atoms with Crippen LogP contribution in [0, 0.1) is 0 Å². The van der Waals surface area contributed by atoms with Gasteiger partial charge in [-0.05, 0) is 25.5 Å². The molecule has 18 heavy (non-hydrogen) atoms. The highest BCUT2D eigenvalue weighted by molar-refractivity contribution is 5.03. The Morgan fingerprint density at radius 3 is 2.56 bits per heavy atom. The number of halogens is 3. The number of rotatable bonds is 6. The Morgan fingerprint density at radius 1 is 1.33 bits per heavy atom. The normalized spacial score (nSPS) is 13.9. The minimum absolute atomic E-state index is 0.0229. The quantitative estimate of drug-likeness (QED) is 0.776. The lowest BCUT2D eigenvalue weighted by atomic mass is 10.2. The lowest BCUT2D eigenvalue weighted by Gasteiger charge is -2.28. The number of hydrogen-bond acceptors (Lipinski definition) is 2. The standard InChI is InChI=1S/C13H19F3N2/c1-3-11(2)18(9-7-13(14,15)16)10-12-6-4-5-8-17-12/h4-6,8,11H,3,7,9-10H2,1-2H3. The zero-order valence-electron chi connectivity index (χ0n) is 10.7. The van der Waals surface area contributed by atoms with Crippen molar-refractivity contribution in [1.82, 2.24) is 9.88 Å². The number of alkyl halides is 3. The van der Waals surface area contributed by atoms with E-state index in [0.29, 0.717) is 6.54 Å². The monoisotopic (exact) mass is 260 g/mol. The first-order chi connectivity index (χ1) is 8.42. The van der Waals surface area contributed by atoms with E-state index in [9.17, 15) is 13.2 Å². The predicted molar refractivity (Wildman–Crippen MR) is 65.1 cm³/mol. The van der Waals surface area contributed by atoms with Gasteiger partial charge in [0.2, 0.25) is 0 Å². The number of nitrogens with zero attached hydrogens (tertiary/aromatic N) is 2. The Hall–Kier alpha value is -1.10. The van der Waals surface area contributed by atoms with Crippen LogP contribution in [-0.4, -0.2) is 28.6 Å². The minimum atomic E-state index is -4.10. The fraction of sp³-hybridized carbons (Fsp3) is 0.615. The number of aromatic nitrogens is 1. The van der Waals surface area contributed by atoms with Crippen LogP contribution in [0.15, 0.2) is 24.4 Å². The Labute approximate surface area is 106 Å². The Morgan fingerprint density at radius 2 is 2.06 bits per heavy atom. The van der Waals surface area contributed by atoms with Gasteiger partial charge in [-0.1, -0.05) is 13.0 Å². The molecule has 102 valence electrons. The average Bonchev–Trinajstić information content (AvgIpc) is 2.33. The zero-order chi connectivity index (χ0) is 13.6. The smallest absolute Gasteiger partial charge is 0.295 e. The lowest BCUT2D eigenvalue weighted by molar-refractivity contribution is -0.139. The van der Waals surface area contributed by atoms with E-state index < -0.39 is 12.6 Å². The third kappa shape index (κ3) is 5.49. The molecule has 0 fully saturated rings. The molecule has 0 bridgehead atoms. The summed E-state index contributed by atoms with van der Waals surface area (Å²) < 4.78 is 36.8. The second-order valence-corrected chi connectivity index (χ2v) is 4.41. The maximum Gasteiger partial charge on any atom is 0.390 e. The van der Waals surface area contributed by atoms with Crippen LogP contribution in [0.3, 0.4) is 0 Å². The van der Waals surface area contributed by atoms with Crippen molar-refractivity contribution < 1.29 is 13.2 Å². The topological polar surface area (TPSA) is 16.1 Å². The van der Waals surface area contributed by atoms with Crippen LogP contribution >= 0.6 is 0 Å². The summed E-state index contributed by atoms with van der Waals surface area (Å²) >= 11 is 0. The van der Waals surface area contributed by atoms with Gasteiger partial charge < -0.3 is 0 Å². The lowest BCUT2D eigenvalue weighted by Crippen LogP contribution is -2.35. The van der Waals surface area contributed by atoms with Crippen molar-refractivity contribution in [3.63, 3.8) is 0 Å². The fourth-order valence-corrected chi connectivity index (χ4v) is 1.68. The van der Waals surface area contributed by atoms with E-state index in [1.54, 1.807) is 12.3 Å². The molecule has 1 atom stereocenters. The van der Waals surface area contributed by atoms with Crippen LogP contribution in [0.1, 0.15) is 32.4 Å². The molecular weight excluding hydrogens is 241 g/mol. The summed E-state index contributed by atoms with van der Waals surface area (Å²) in [6, 6.07) is 5.60. The van der Waals surface area contributed by atoms with Crippen molar-refractivity contribution in [3.05, 3.63) is 30.1 Å². The second kappa shape index (κ2) is 6.73. The minimum Gasteiger partial charge on any atom is -0.295 e. The summed E-state index contributed by atoms with van der Waals surface area (Å²) in [5.74, 6) is 0. The van der Waals surface area contributed by atoms with Crippen LogP contribution < -0.4 is 0 Å². The summed E-state index contributed by atoms with van der Waals surface area (Å²) in [5.41, 5.74) is 0.806. The second-order valence-electron chi connectivity index (χ2n) is 4.41. The molecule has 0 aromatic carbocycles. The molecule has 0 aliphatic rings. The van der Waals surface area contributed by atoms with Gasteiger partial charge >= 0.3 is 6.18 Å². The van der Waals surface area contributed by atoms with Crippen LogP contribution in [0.4, 0.5) is 13.2 Å². The third-order valence-corrected chi connectivity index (χ3v) is 2.99. The molecule has 0 amide bonds. The Balaban J connectivity index is 2.61. The van der Waals surface area contributed by atoms with Gasteiger partial charge in [0.25, 0.3) is 0 Å². The van der Waals surface area contributed by atoms with Crippen molar-refractivity contribution in [2.24, 2.45) is 0 Å². The van der Waals surface area contributed by atoms with Crippen molar-refractivity contribution in [2.45, 2.75) is 45.5 Å². The molecule has 1 aromatic heterocycles. The highest BCUT2D eigenvalue weighted by Crippen LogP contribution is 2.21. The van der Waals surface area contributed by atoms with Crippen LogP contribution in [0.25, 0.3) is 0 Å². The van der Waals surface area contributed by atoms with Gasteiger partial charge in [-0.15, -0.1) is 0 Å². The Kier molecular flexibility index (Phi) is 5.59. The summed E-state index contributed by atoms with van der Waals surface area (Å²) in [4.78, 5) is 5.99. The maximum atomic E-state index is 12.3. The molecule has 1 aromatic rings. The van der Waals surface area contributed by atoms with Crippen LogP contribution in [-0.2, 0) is 6.54 Å². The largest absolute Gasteiger partial charge is 0.390 e. The first-order valence-electron chi connectivity index (χ1n) is 6.13. The van der Waals surface area contributed by atoms with Crippen molar-refractivity contribution in [3.8, 4) is 0 Å². The molecular formula is C13H19F3N2. The van der Waals surface area contributed by atoms with Crippen molar-refractivity contribution in [1.29, 1.82) is 0 Å². The molecule has 2 nitrogen and oxygen atoms in total. The van der Waals surface area contributed by atoms with E-state index in [1.165, 1.54) is 0 Å². The summed E-state index contributed by atoms with van der Waals surface area (Å²) in [6.07, 6.45) is -2.39. The van der Waals surface area contributed by atoms with E-state index in [-0.39, 0.29) is 12.6 Å². The number of pyridine rings is 1. The van der Waals surface area contributed by atoms with Gasteiger partial charge in [0.1, 0.15) is 0 Å². The van der Waals surface area contributed by atoms with E-state index in [0.717, 1.165) is 12.1 Å². The molecule has 0 aliphatic heterocycles. The molecule has 0 saturated carbocycles. The fourth-order valence-electron chi connectivity index (χ4n) is 1.68. The van der Waals surface area contributed by atoms with Crippen LogP contribution in [0.2, 0.25) is 0 Å². The van der Waals surface area contributed by atoms with Gasteiger partial charge in [-0.2, -0.15) is 13.2 Å². The molecule has 0 aliphatic carbocycles. The molecule has 0 spiro atoms. The van der Waals surface area contributed by atoms with Crippen molar-refractivity contribution >= 4 is 0 Å². The average molecular weight is 260 g/mol. The number of hydrogen-bond donors (Lipinski definition) is 0. The summed E-state index contributed by atoms with van der Waals surface area (Å²) in [5, 5.41) is 0. The summed E-state index contributed by atoms with van der Waals surface area (Å²) in [6.45, 7) is 4.41. The highest BCUT2D eigenvalue weighted by atomic mass is 19.4. The van der Waals surface area contributed by atoms with Crippen molar-refractivity contribution in [2.75, 3.05) is 6.54 Å². The maximum absolute atomic E-state index is 12.3. The predicted octanol–water partition coefficient (Wildman–Crippen LogP) is 3.63. The van der Waals surface area contributed by atoms with Gasteiger partial charge in [0.05, 0.1) is 12.1 Å². The van der Waals surface area contributed by atoms with E-state index in [2.05, 4.69) is 4.98 Å². The molecule has 1 heterocycles. The molecule has 0 saturated heterocycles. The molecule has 1 rings (SSSR count). The zero-order valence-corrected chi connectivity index (χ0v) is 10.7. The van der Waals surface area contributed by atoms with E-state index >= 15 is 0 Å². The summed E-state index contributed by atoms with van der Waals surface area (Å²) in [7, 11) is 0. The van der Waals surface area contributed by atoms with Crippen LogP contribution in [0.5, 0.6) is 0 Å². The SMILES string of the molecule is CCC(C)N(CCC(F)(F)F)Cc1ccccn1. The molecule has 0 radical (unpaired) electrons. The Bertz CT molecular complexity index is 338. The van der Waals surface area contributed by atoms with Gasteiger partial charge in [0, 0.05) is 25.3 Å². The van der Waals surface area contributed by atoms with Gasteiger partial charge in [-0.25, -0.2) is 0 Å². The van der Waals surface area contributed by atoms with Gasteiger partial charge in [-0.3, -0.25) is 9.88 Å². The van der Waals surface area contributed by atoms with E-state index in [1.807, 2.05) is 30.9 Å². The third-order valence-electron chi connectivity index (χ3n) is 2.99. The van der Waals surface area contributed by atoms with Gasteiger partial charge in [0.15, 0.2) is 0 Å². The molecule has 0 N–H and O–H groups in total. The molecule has 1 unspecified atom stereocenters. The van der Waals surface area contributed by atoms with E-state index in [4.69, 9.17) is 0 Å². The first-order valence-corrected chi connectivity index (χ1v) is 6.13. The molecule has 5 heteroatoms. The first kappa shape index (κ1) is 15.0. The highest BCUT2D eigenvalue weighted by Gasteiger charge is 2.28.